The number of carbonyl (C=O) groups excluding carboxylic acids is 4. The van der Waals surface area contributed by atoms with Crippen LogP contribution in [0.4, 0.5) is 8.78 Å². The Hall–Kier alpha value is -6.52. The van der Waals surface area contributed by atoms with Gasteiger partial charge in [0.25, 0.3) is 5.91 Å². The van der Waals surface area contributed by atoms with Gasteiger partial charge in [-0.1, -0.05) is 111 Å². The van der Waals surface area contributed by atoms with Crippen molar-refractivity contribution in [2.24, 2.45) is 0 Å². The molecule has 0 spiro atoms. The number of likely N-dealkylation sites (N-methyl/N-ethyl adjacent to an activating group) is 2. The molecule has 2 heterocycles. The minimum absolute atomic E-state index is 0.0173. The number of benzene rings is 2. The summed E-state index contributed by atoms with van der Waals surface area (Å²) < 4.78 is 30.6. The van der Waals surface area contributed by atoms with Crippen molar-refractivity contribution in [3.63, 3.8) is 0 Å². The summed E-state index contributed by atoms with van der Waals surface area (Å²) in [5.41, 5.74) is 6.92. The van der Waals surface area contributed by atoms with Gasteiger partial charge in [0, 0.05) is 67.5 Å². The number of rotatable bonds is 33. The first-order chi connectivity index (χ1) is 40.8. The quantitative estimate of drug-likeness (QED) is 0.0103. The molecule has 0 bridgehead atoms. The molecule has 85 heavy (non-hydrogen) atoms. The van der Waals surface area contributed by atoms with E-state index >= 15 is 0 Å². The Morgan fingerprint density at radius 3 is 2.00 bits per heavy atom. The summed E-state index contributed by atoms with van der Waals surface area (Å²) in [7, 11) is 3.81. The fourth-order valence-electron chi connectivity index (χ4n) is 7.84. The maximum absolute atomic E-state index is 14.4. The zero-order valence-corrected chi connectivity index (χ0v) is 59.6. The zero-order chi connectivity index (χ0) is 65.8. The molecule has 0 aliphatic carbocycles. The van der Waals surface area contributed by atoms with Crippen molar-refractivity contribution in [1.82, 2.24) is 46.7 Å². The van der Waals surface area contributed by atoms with Crippen LogP contribution in [0.15, 0.2) is 185 Å². The average Bonchev–Trinajstić information content (AvgIpc) is 3.79. The van der Waals surface area contributed by atoms with Crippen LogP contribution in [0.5, 0.6) is 0 Å². The molecule has 0 fully saturated rings. The van der Waals surface area contributed by atoms with E-state index in [1.54, 1.807) is 24.4 Å². The third-order valence-corrected chi connectivity index (χ3v) is 14.2. The Balaban J connectivity index is -0.000000543. The SMILES string of the molecule is C=C/C=C(\C=C)CCC(=C)NCC=O.C=CC(C)NC.C=CCC(NC)C(=C)NC(CCNC=C)CNCCNC(=O)CN1C(=C)C=CC1=O.C=O.CC.CC.CC.CCC(c1cc(-c2cc(F)ccc2F)cn1Cc1ccccc1)[C](C)(C)[Hg]. The van der Waals surface area contributed by atoms with Crippen molar-refractivity contribution < 1.29 is 54.1 Å². The van der Waals surface area contributed by atoms with Crippen molar-refractivity contribution in [2.45, 2.75) is 135 Å². The van der Waals surface area contributed by atoms with Crippen molar-refractivity contribution >= 4 is 24.9 Å². The molecule has 13 nitrogen and oxygen atoms in total. The molecule has 1 aliphatic heterocycles. The number of aromatic nitrogens is 1. The second-order valence-corrected chi connectivity index (χ2v) is 26.1. The number of halogens is 2. The minimum atomic E-state index is -0.415. The van der Waals surface area contributed by atoms with Crippen molar-refractivity contribution in [1.29, 1.82) is 0 Å². The van der Waals surface area contributed by atoms with Gasteiger partial charge >= 0.3 is 177 Å². The van der Waals surface area contributed by atoms with Gasteiger partial charge in [-0.25, -0.2) is 0 Å². The van der Waals surface area contributed by atoms with Crippen LogP contribution in [0.1, 0.15) is 119 Å². The number of carbonyl (C=O) groups is 4. The normalized spacial score (nSPS) is 12.3. The van der Waals surface area contributed by atoms with Gasteiger partial charge in [0.15, 0.2) is 0 Å². The van der Waals surface area contributed by atoms with Gasteiger partial charge in [-0.05, 0) is 64.6 Å². The maximum atomic E-state index is 14.4. The van der Waals surface area contributed by atoms with Crippen LogP contribution in [-0.4, -0.2) is 106 Å². The number of amides is 2. The van der Waals surface area contributed by atoms with E-state index in [0.717, 1.165) is 74.0 Å². The topological polar surface area (TPSA) is 161 Å². The Morgan fingerprint density at radius 1 is 0.859 bits per heavy atom. The molecule has 3 aromatic rings. The van der Waals surface area contributed by atoms with E-state index < -0.39 is 5.82 Å². The number of hydrogen-bond acceptors (Lipinski definition) is 10. The molecule has 2 amide bonds. The second-order valence-electron chi connectivity index (χ2n) is 19.0. The molecule has 0 radical (unpaired) electrons. The number of hydrogen-bond donors (Lipinski definition) is 7. The van der Waals surface area contributed by atoms with Crippen LogP contribution >= 0.6 is 0 Å². The van der Waals surface area contributed by atoms with Gasteiger partial charge in [0.05, 0.1) is 6.54 Å². The first-order valence-electron chi connectivity index (χ1n) is 29.4. The molecule has 2 aromatic carbocycles. The van der Waals surface area contributed by atoms with Crippen molar-refractivity contribution in [3.05, 3.63) is 208 Å². The molecule has 16 heteroatoms. The van der Waals surface area contributed by atoms with Gasteiger partial charge in [0.1, 0.15) is 19.6 Å². The van der Waals surface area contributed by atoms with Crippen LogP contribution in [-0.2, 0) is 51.8 Å². The van der Waals surface area contributed by atoms with Crippen LogP contribution in [0.3, 0.4) is 0 Å². The molecule has 4 unspecified atom stereocenters. The van der Waals surface area contributed by atoms with Crippen LogP contribution in [0.25, 0.3) is 11.1 Å². The van der Waals surface area contributed by atoms with Crippen LogP contribution in [0.2, 0.25) is 2.92 Å². The number of aldehydes is 1. The van der Waals surface area contributed by atoms with Gasteiger partial charge in [-0.2, -0.15) is 0 Å². The first-order valence-corrected chi connectivity index (χ1v) is 32.2. The molecule has 0 saturated heterocycles. The van der Waals surface area contributed by atoms with Crippen molar-refractivity contribution in [2.75, 3.05) is 53.4 Å². The summed E-state index contributed by atoms with van der Waals surface area (Å²) in [6, 6.07) is 16.7. The Morgan fingerprint density at radius 2 is 1.51 bits per heavy atom. The number of allylic oxidation sites excluding steroid dienone is 6. The molecular weight excluding hydrogens is 1260 g/mol. The molecule has 4 atom stereocenters. The van der Waals surface area contributed by atoms with E-state index in [1.807, 2.05) is 112 Å². The fraction of sp³-hybridized carbons (Fsp3) is 0.420. The summed E-state index contributed by atoms with van der Waals surface area (Å²) in [6.45, 7) is 56.5. The fourth-order valence-corrected chi connectivity index (χ4v) is 9.78. The predicted octanol–water partition coefficient (Wildman–Crippen LogP) is 13.1. The molecule has 469 valence electrons. The summed E-state index contributed by atoms with van der Waals surface area (Å²) in [5, 5.41) is 21.9. The Bertz CT molecular complexity index is 2430. The van der Waals surface area contributed by atoms with E-state index in [1.165, 1.54) is 40.4 Å². The average molecular weight is 1370 g/mol. The molecule has 4 rings (SSSR count). The Labute approximate surface area is 529 Å². The van der Waals surface area contributed by atoms with Crippen LogP contribution in [0, 0.1) is 11.6 Å². The summed E-state index contributed by atoms with van der Waals surface area (Å²) in [5.74, 6) is -0.833. The van der Waals surface area contributed by atoms with Crippen LogP contribution < -0.4 is 37.2 Å². The number of nitrogens with zero attached hydrogens (tertiary/aromatic N) is 2. The molecule has 1 aliphatic rings. The summed E-state index contributed by atoms with van der Waals surface area (Å²) in [4.78, 5) is 43.1. The van der Waals surface area contributed by atoms with Crippen molar-refractivity contribution in [3.8, 4) is 11.1 Å². The van der Waals surface area contributed by atoms with E-state index in [2.05, 4.69) is 133 Å². The Kier molecular flexibility index (Phi) is 54.1. The van der Waals surface area contributed by atoms with Gasteiger partial charge in [-0.3, -0.25) is 9.59 Å². The van der Waals surface area contributed by atoms with Gasteiger partial charge < -0.3 is 51.7 Å². The third kappa shape index (κ3) is 38.2. The van der Waals surface area contributed by atoms with E-state index in [4.69, 9.17) is 4.79 Å². The predicted molar refractivity (Wildman–Crippen MR) is 356 cm³/mol. The molecular formula is C69H108F2HgN9O4. The summed E-state index contributed by atoms with van der Waals surface area (Å²) >= 11 is 0.587. The van der Waals surface area contributed by atoms with Gasteiger partial charge in [-0.15, -0.1) is 13.2 Å². The van der Waals surface area contributed by atoms with E-state index in [-0.39, 0.29) is 39.2 Å². The standard InChI is InChI=1S/C23H24F2N.C22H36N6O2.C12H17NO.C5H11N.3C2H6.CH2O.Hg/c1-4-20(16(2)3)23-12-18(21-13-19(24)10-11-22(21)25)15-26(23)14-17-8-6-5-7-9-17;1-6-8-20(23-5)18(4)27-19(11-12-24-7-2)15-25-13-14-26-21(29)16-28-17(3)9-10-22(28)30;1-4-6-12(5-2)8-7-11(3)13-9-10-14;1-4-5(2)6-3;4*1-2;/h5-13,15,20H,4,14H2,1-3H3;6-7,9-10,19-20,23-25,27H,1-4,8,11-16H2,5H3,(H,26,29);4-6,10,13H,1-3,7-9H2;4-6H,1H2,2-3H3;3*1-2H3;1H2;/b;;12-6+;;;;;;. The van der Waals surface area contributed by atoms with E-state index in [9.17, 15) is 23.2 Å². The first kappa shape index (κ1) is 84.9. The summed E-state index contributed by atoms with van der Waals surface area (Å²) in [6.07, 6.45) is 21.0. The molecule has 0 saturated carbocycles. The number of nitrogens with one attached hydrogen (secondary N) is 7. The zero-order valence-electron chi connectivity index (χ0n) is 54.1. The third-order valence-electron chi connectivity index (χ3n) is 12.3. The van der Waals surface area contributed by atoms with Gasteiger partial charge in [0.2, 0.25) is 5.91 Å². The molecule has 1 aromatic heterocycles. The monoisotopic (exact) mass is 1370 g/mol. The second kappa shape index (κ2) is 54.1. The van der Waals surface area contributed by atoms with E-state index in [0.29, 0.717) is 75.5 Å². The molecule has 7 N–H and O–H groups in total.